The van der Waals surface area contributed by atoms with Gasteiger partial charge in [0.25, 0.3) is 0 Å². The van der Waals surface area contributed by atoms with Gasteiger partial charge in [-0.1, -0.05) is 0 Å². The van der Waals surface area contributed by atoms with E-state index in [-0.39, 0.29) is 0 Å². The van der Waals surface area contributed by atoms with Gasteiger partial charge in [0.2, 0.25) is 0 Å². The van der Waals surface area contributed by atoms with Crippen LogP contribution < -0.4 is 11.0 Å². The molecular weight excluding hydrogens is 239 g/mol. The van der Waals surface area contributed by atoms with Crippen LogP contribution in [0, 0.1) is 0 Å². The second-order valence-electron chi connectivity index (χ2n) is 3.96. The predicted molar refractivity (Wildman–Crippen MR) is 71.1 cm³/mol. The molecular formula is C11H13N2OPS. The second-order valence-corrected chi connectivity index (χ2v) is 8.04. The number of aromatic nitrogens is 1. The van der Waals surface area contributed by atoms with Crippen LogP contribution in [0.1, 0.15) is 0 Å². The first kappa shape index (κ1) is 11.4. The number of hydrogen-bond acceptors (Lipinski definition) is 4. The summed E-state index contributed by atoms with van der Waals surface area (Å²) in [5, 5.41) is 3.58. The number of benzene rings is 1. The molecule has 16 heavy (non-hydrogen) atoms. The van der Waals surface area contributed by atoms with Crippen LogP contribution in [0.5, 0.6) is 0 Å². The topological polar surface area (TPSA) is 56.0 Å². The molecule has 0 spiro atoms. The maximum absolute atomic E-state index is 12.1. The Balaban J connectivity index is 2.57. The van der Waals surface area contributed by atoms with Crippen LogP contribution in [0.2, 0.25) is 0 Å². The minimum atomic E-state index is -2.33. The van der Waals surface area contributed by atoms with Gasteiger partial charge in [-0.15, -0.1) is 11.3 Å². The SMILES string of the molecule is CP(C)(=O)c1cc(-c2nccs2)ccc1N. The van der Waals surface area contributed by atoms with E-state index in [1.165, 1.54) is 0 Å². The van der Waals surface area contributed by atoms with E-state index in [0.29, 0.717) is 5.69 Å². The van der Waals surface area contributed by atoms with Gasteiger partial charge in [-0.3, -0.25) is 0 Å². The van der Waals surface area contributed by atoms with Crippen molar-refractivity contribution in [2.24, 2.45) is 0 Å². The third kappa shape index (κ3) is 2.18. The molecule has 0 amide bonds. The fraction of sp³-hybridized carbons (Fsp3) is 0.182. The molecule has 1 aromatic heterocycles. The normalized spacial score (nSPS) is 11.6. The molecule has 2 aromatic rings. The number of nitrogen functional groups attached to an aromatic ring is 1. The Kier molecular flexibility index (Phi) is 2.87. The molecule has 0 saturated heterocycles. The van der Waals surface area contributed by atoms with E-state index in [2.05, 4.69) is 4.98 Å². The Hall–Kier alpha value is -1.12. The highest BCUT2D eigenvalue weighted by Gasteiger charge is 2.16. The zero-order valence-electron chi connectivity index (χ0n) is 9.18. The summed E-state index contributed by atoms with van der Waals surface area (Å²) in [5.74, 6) is 0. The zero-order chi connectivity index (χ0) is 11.8. The largest absolute Gasteiger partial charge is 0.398 e. The maximum atomic E-state index is 12.1. The standard InChI is InChI=1S/C11H13N2OPS/c1-15(2,14)10-7-8(3-4-9(10)12)11-13-5-6-16-11/h3-7H,12H2,1-2H3. The van der Waals surface area contributed by atoms with Crippen molar-refractivity contribution in [3.8, 4) is 10.6 Å². The summed E-state index contributed by atoms with van der Waals surface area (Å²) in [4.78, 5) is 4.23. The summed E-state index contributed by atoms with van der Waals surface area (Å²) in [6, 6.07) is 5.59. The molecule has 0 aliphatic rings. The number of thiazole rings is 1. The van der Waals surface area contributed by atoms with Crippen LogP contribution in [0.15, 0.2) is 29.8 Å². The summed E-state index contributed by atoms with van der Waals surface area (Å²) < 4.78 is 12.1. The second kappa shape index (κ2) is 4.04. The number of nitrogens with zero attached hydrogens (tertiary/aromatic N) is 1. The van der Waals surface area contributed by atoms with Crippen LogP contribution in [0.3, 0.4) is 0 Å². The van der Waals surface area contributed by atoms with Crippen LogP contribution in [0.25, 0.3) is 10.6 Å². The molecule has 0 radical (unpaired) electrons. The van der Waals surface area contributed by atoms with Gasteiger partial charge in [0.1, 0.15) is 12.1 Å². The molecule has 5 heteroatoms. The Morgan fingerprint density at radius 1 is 1.38 bits per heavy atom. The average Bonchev–Trinajstić information content (AvgIpc) is 2.69. The Labute approximate surface area is 98.7 Å². The van der Waals surface area contributed by atoms with Crippen LogP contribution in [0.4, 0.5) is 5.69 Å². The monoisotopic (exact) mass is 252 g/mol. The molecule has 2 rings (SSSR count). The summed E-state index contributed by atoms with van der Waals surface area (Å²) in [5.41, 5.74) is 7.41. The maximum Gasteiger partial charge on any atom is 0.123 e. The molecule has 3 nitrogen and oxygen atoms in total. The van der Waals surface area contributed by atoms with Gasteiger partial charge in [-0.05, 0) is 31.5 Å². The van der Waals surface area contributed by atoms with Crippen molar-refractivity contribution >= 4 is 29.5 Å². The Morgan fingerprint density at radius 2 is 2.12 bits per heavy atom. The van der Waals surface area contributed by atoms with Gasteiger partial charge < -0.3 is 10.3 Å². The quantitative estimate of drug-likeness (QED) is 0.660. The van der Waals surface area contributed by atoms with Crippen molar-refractivity contribution in [3.05, 3.63) is 29.8 Å². The summed E-state index contributed by atoms with van der Waals surface area (Å²) in [6.07, 6.45) is 1.76. The van der Waals surface area contributed by atoms with Crippen molar-refractivity contribution in [1.29, 1.82) is 0 Å². The summed E-state index contributed by atoms with van der Waals surface area (Å²) >= 11 is 1.56. The fourth-order valence-electron chi connectivity index (χ4n) is 1.51. The van der Waals surface area contributed by atoms with Crippen molar-refractivity contribution in [3.63, 3.8) is 0 Å². The molecule has 1 heterocycles. The molecule has 0 fully saturated rings. The zero-order valence-corrected chi connectivity index (χ0v) is 10.9. The highest BCUT2D eigenvalue weighted by Crippen LogP contribution is 2.38. The lowest BCUT2D eigenvalue weighted by Crippen LogP contribution is -2.09. The molecule has 0 aliphatic carbocycles. The van der Waals surface area contributed by atoms with Gasteiger partial charge in [0.15, 0.2) is 0 Å². The first-order valence-electron chi connectivity index (χ1n) is 4.83. The van der Waals surface area contributed by atoms with Gasteiger partial charge in [-0.25, -0.2) is 4.98 Å². The van der Waals surface area contributed by atoms with E-state index >= 15 is 0 Å². The van der Waals surface area contributed by atoms with Gasteiger partial charge in [0, 0.05) is 28.1 Å². The highest BCUT2D eigenvalue weighted by molar-refractivity contribution is 7.70. The lowest BCUT2D eigenvalue weighted by atomic mass is 10.2. The Morgan fingerprint density at radius 3 is 2.69 bits per heavy atom. The predicted octanol–water partition coefficient (Wildman–Crippen LogP) is 2.64. The van der Waals surface area contributed by atoms with Crippen molar-refractivity contribution in [2.75, 3.05) is 19.1 Å². The van der Waals surface area contributed by atoms with E-state index < -0.39 is 7.14 Å². The lowest BCUT2D eigenvalue weighted by molar-refractivity contribution is 0.588. The molecule has 0 saturated carbocycles. The first-order valence-corrected chi connectivity index (χ1v) is 8.31. The molecule has 0 atom stereocenters. The van der Waals surface area contributed by atoms with E-state index in [1.807, 2.05) is 17.5 Å². The smallest absolute Gasteiger partial charge is 0.123 e. The van der Waals surface area contributed by atoms with Crippen LogP contribution >= 0.6 is 18.5 Å². The van der Waals surface area contributed by atoms with Gasteiger partial charge >= 0.3 is 0 Å². The van der Waals surface area contributed by atoms with Crippen molar-refractivity contribution < 1.29 is 4.57 Å². The average molecular weight is 252 g/mol. The minimum absolute atomic E-state index is 0.591. The minimum Gasteiger partial charge on any atom is -0.398 e. The molecule has 2 N–H and O–H groups in total. The Bertz CT molecular complexity index is 545. The molecule has 84 valence electrons. The number of nitrogens with two attached hydrogens (primary N) is 1. The van der Waals surface area contributed by atoms with Gasteiger partial charge in [-0.2, -0.15) is 0 Å². The van der Waals surface area contributed by atoms with E-state index in [1.54, 1.807) is 36.9 Å². The third-order valence-corrected chi connectivity index (χ3v) is 4.66. The summed E-state index contributed by atoms with van der Waals surface area (Å²) in [7, 11) is -2.33. The van der Waals surface area contributed by atoms with Crippen molar-refractivity contribution in [2.45, 2.75) is 0 Å². The molecule has 1 aromatic carbocycles. The molecule has 0 unspecified atom stereocenters. The van der Waals surface area contributed by atoms with E-state index in [4.69, 9.17) is 5.73 Å². The van der Waals surface area contributed by atoms with E-state index in [9.17, 15) is 4.57 Å². The van der Waals surface area contributed by atoms with Gasteiger partial charge in [0.05, 0.1) is 0 Å². The van der Waals surface area contributed by atoms with Crippen molar-refractivity contribution in [1.82, 2.24) is 4.98 Å². The van der Waals surface area contributed by atoms with Crippen LogP contribution in [-0.2, 0) is 4.57 Å². The van der Waals surface area contributed by atoms with Crippen LogP contribution in [-0.4, -0.2) is 18.3 Å². The number of rotatable bonds is 2. The molecule has 0 aliphatic heterocycles. The number of anilines is 1. The third-order valence-electron chi connectivity index (χ3n) is 2.29. The fourth-order valence-corrected chi connectivity index (χ4v) is 3.29. The van der Waals surface area contributed by atoms with E-state index in [0.717, 1.165) is 15.9 Å². The summed E-state index contributed by atoms with van der Waals surface area (Å²) in [6.45, 7) is 3.45. The first-order chi connectivity index (χ1) is 7.48. The molecule has 0 bridgehead atoms. The lowest BCUT2D eigenvalue weighted by Gasteiger charge is -2.11. The highest BCUT2D eigenvalue weighted by atomic mass is 32.1. The number of hydrogen-bond donors (Lipinski definition) is 1.